The molecule has 3 fully saturated rings. The first-order valence-corrected chi connectivity index (χ1v) is 11.7. The van der Waals surface area contributed by atoms with Gasteiger partial charge in [-0.3, -0.25) is 9.51 Å². The molecule has 1 unspecified atom stereocenters. The van der Waals surface area contributed by atoms with Crippen molar-refractivity contribution in [1.29, 1.82) is 0 Å². The van der Waals surface area contributed by atoms with Gasteiger partial charge in [0.05, 0.1) is 6.33 Å². The molecule has 4 atom stereocenters. The van der Waals surface area contributed by atoms with Crippen LogP contribution in [0.2, 0.25) is 0 Å². The largest absolute Gasteiger partial charge is 0.439 e. The lowest BCUT2D eigenvalue weighted by atomic mass is 9.77. The van der Waals surface area contributed by atoms with Crippen LogP contribution in [-0.4, -0.2) is 41.6 Å². The molecule has 0 radical (unpaired) electrons. The Bertz CT molecular complexity index is 1260. The molecule has 0 amide bonds. The summed E-state index contributed by atoms with van der Waals surface area (Å²) >= 11 is 0. The Morgan fingerprint density at radius 3 is 2.79 bits per heavy atom. The number of hydrogen-bond donors (Lipinski definition) is 2. The first-order valence-electron chi connectivity index (χ1n) is 11.7. The summed E-state index contributed by atoms with van der Waals surface area (Å²) < 4.78 is 35.8. The first kappa shape index (κ1) is 20.7. The third kappa shape index (κ3) is 3.34. The van der Waals surface area contributed by atoms with Crippen molar-refractivity contribution in [3.8, 4) is 11.6 Å². The van der Waals surface area contributed by atoms with Crippen molar-refractivity contribution < 1.29 is 13.3 Å². The molecule has 3 aromatic heterocycles. The fraction of sp³-hybridized carbons (Fsp3) is 0.682. The number of hydrogen-bond acceptors (Lipinski definition) is 7. The molecule has 2 N–H and O–H groups in total. The standard InChI is InChI=1S/C22H27F2N7O2/c1-11-6-7-21(9-22(11,23)24)8-14(21)31-10-25-16-15(31)17(26-12(2)13-4-3-5-13)28-18(27-16)19-29-20(32)33-30-19/h10-14H,3-9H2,1-2H3,(H,26,27,28)(H,29,30,32)/t11-,12-,14-,21?/m1/s1. The average Bonchev–Trinajstić information content (AvgIpc) is 3.04. The van der Waals surface area contributed by atoms with E-state index in [1.165, 1.54) is 6.42 Å². The molecule has 0 aliphatic heterocycles. The Hall–Kier alpha value is -2.85. The summed E-state index contributed by atoms with van der Waals surface area (Å²) in [4.78, 5) is 27.5. The number of halogens is 2. The van der Waals surface area contributed by atoms with Crippen LogP contribution in [0.1, 0.15) is 64.8 Å². The van der Waals surface area contributed by atoms with Crippen molar-refractivity contribution in [2.24, 2.45) is 17.3 Å². The zero-order chi connectivity index (χ0) is 23.0. The van der Waals surface area contributed by atoms with Gasteiger partial charge in [0.2, 0.25) is 11.6 Å². The van der Waals surface area contributed by atoms with Crippen LogP contribution < -0.4 is 11.1 Å². The molecule has 9 nitrogen and oxygen atoms in total. The van der Waals surface area contributed by atoms with Crippen LogP contribution in [0.4, 0.5) is 14.6 Å². The second-order valence-electron chi connectivity index (χ2n) is 10.2. The quantitative estimate of drug-likeness (QED) is 0.589. The topological polar surface area (TPSA) is 115 Å². The normalized spacial score (nSPS) is 29.8. The highest BCUT2D eigenvalue weighted by molar-refractivity contribution is 5.85. The van der Waals surface area contributed by atoms with Crippen LogP contribution in [0.25, 0.3) is 22.8 Å². The molecule has 1 spiro atoms. The molecule has 0 saturated heterocycles. The molecule has 176 valence electrons. The summed E-state index contributed by atoms with van der Waals surface area (Å²) in [7, 11) is 0. The number of nitrogens with zero attached hydrogens (tertiary/aromatic N) is 5. The molecule has 3 heterocycles. The number of rotatable bonds is 5. The molecule has 3 saturated carbocycles. The summed E-state index contributed by atoms with van der Waals surface area (Å²) in [6.07, 6.45) is 7.14. The molecular weight excluding hydrogens is 432 g/mol. The van der Waals surface area contributed by atoms with Gasteiger partial charge in [0.25, 0.3) is 5.92 Å². The number of imidazole rings is 1. The van der Waals surface area contributed by atoms with Gasteiger partial charge in [-0.2, -0.15) is 0 Å². The molecule has 6 rings (SSSR count). The number of H-pyrrole nitrogens is 1. The van der Waals surface area contributed by atoms with Crippen LogP contribution in [0.5, 0.6) is 0 Å². The summed E-state index contributed by atoms with van der Waals surface area (Å²) in [5.41, 5.74) is 0.737. The number of anilines is 1. The van der Waals surface area contributed by atoms with Gasteiger partial charge in [0, 0.05) is 24.4 Å². The van der Waals surface area contributed by atoms with Crippen molar-refractivity contribution >= 4 is 17.0 Å². The van der Waals surface area contributed by atoms with Crippen molar-refractivity contribution in [2.75, 3.05) is 5.32 Å². The lowest BCUT2D eigenvalue weighted by molar-refractivity contribution is -0.103. The van der Waals surface area contributed by atoms with E-state index in [2.05, 4.69) is 41.9 Å². The van der Waals surface area contributed by atoms with Gasteiger partial charge in [-0.15, -0.1) is 0 Å². The van der Waals surface area contributed by atoms with Crippen LogP contribution >= 0.6 is 0 Å². The molecule has 0 aromatic carbocycles. The van der Waals surface area contributed by atoms with Crippen LogP contribution in [0.3, 0.4) is 0 Å². The van der Waals surface area contributed by atoms with E-state index in [1.807, 2.05) is 4.57 Å². The van der Waals surface area contributed by atoms with E-state index < -0.39 is 23.0 Å². The number of aromatic amines is 1. The highest BCUT2D eigenvalue weighted by Gasteiger charge is 2.63. The predicted molar refractivity (Wildman–Crippen MR) is 116 cm³/mol. The number of aromatic nitrogens is 6. The zero-order valence-corrected chi connectivity index (χ0v) is 18.6. The summed E-state index contributed by atoms with van der Waals surface area (Å²) in [6, 6.07) is 0.124. The maximum atomic E-state index is 14.6. The van der Waals surface area contributed by atoms with E-state index >= 15 is 0 Å². The monoisotopic (exact) mass is 459 g/mol. The first-order chi connectivity index (χ1) is 15.8. The predicted octanol–water partition coefficient (Wildman–Crippen LogP) is 4.16. The third-order valence-corrected chi connectivity index (χ3v) is 8.17. The second kappa shape index (κ2) is 7.07. The highest BCUT2D eigenvalue weighted by Crippen LogP contribution is 2.68. The molecular formula is C22H27F2N7O2. The van der Waals surface area contributed by atoms with E-state index in [0.29, 0.717) is 35.7 Å². The Morgan fingerprint density at radius 2 is 2.12 bits per heavy atom. The fourth-order valence-electron chi connectivity index (χ4n) is 5.61. The SMILES string of the molecule is C[C@@H]1CCC2(C[C@H]2n2cnc3nc(-c4noc(=O)[nH]4)nc(N[C@H](C)C4CCC4)c32)CC1(F)F. The summed E-state index contributed by atoms with van der Waals surface area (Å²) in [5, 5.41) is 7.22. The zero-order valence-electron chi connectivity index (χ0n) is 18.6. The Balaban J connectivity index is 1.40. The molecule has 3 aromatic rings. The van der Waals surface area contributed by atoms with Crippen molar-refractivity contribution in [1.82, 2.24) is 29.7 Å². The van der Waals surface area contributed by atoms with Crippen LogP contribution in [0.15, 0.2) is 15.6 Å². The second-order valence-corrected chi connectivity index (χ2v) is 10.2. The minimum Gasteiger partial charge on any atom is -0.365 e. The third-order valence-electron chi connectivity index (χ3n) is 8.17. The van der Waals surface area contributed by atoms with Gasteiger partial charge in [0.15, 0.2) is 11.5 Å². The van der Waals surface area contributed by atoms with E-state index in [9.17, 15) is 13.6 Å². The smallest absolute Gasteiger partial charge is 0.365 e. The summed E-state index contributed by atoms with van der Waals surface area (Å²) in [5.74, 6) is -2.47. The maximum absolute atomic E-state index is 14.6. The Labute approximate surface area is 188 Å². The highest BCUT2D eigenvalue weighted by atomic mass is 19.3. The molecule has 3 aliphatic rings. The van der Waals surface area contributed by atoms with Gasteiger partial charge in [-0.25, -0.2) is 28.5 Å². The van der Waals surface area contributed by atoms with Gasteiger partial charge in [0.1, 0.15) is 5.52 Å². The molecule has 0 bridgehead atoms. The van der Waals surface area contributed by atoms with Crippen LogP contribution in [-0.2, 0) is 0 Å². The molecule has 11 heteroatoms. The molecule has 33 heavy (non-hydrogen) atoms. The van der Waals surface area contributed by atoms with Crippen molar-refractivity contribution in [2.45, 2.75) is 76.8 Å². The van der Waals surface area contributed by atoms with E-state index in [4.69, 9.17) is 0 Å². The Morgan fingerprint density at radius 1 is 1.30 bits per heavy atom. The maximum Gasteiger partial charge on any atom is 0.439 e. The van der Waals surface area contributed by atoms with Gasteiger partial charge in [-0.1, -0.05) is 18.5 Å². The average molecular weight is 460 g/mol. The van der Waals surface area contributed by atoms with E-state index in [1.54, 1.807) is 13.3 Å². The van der Waals surface area contributed by atoms with E-state index in [-0.39, 0.29) is 30.2 Å². The number of alkyl halides is 2. The van der Waals surface area contributed by atoms with E-state index in [0.717, 1.165) is 19.3 Å². The van der Waals surface area contributed by atoms with Gasteiger partial charge in [-0.05, 0) is 50.4 Å². The van der Waals surface area contributed by atoms with Crippen LogP contribution in [0, 0.1) is 17.3 Å². The minimum atomic E-state index is -2.65. The van der Waals surface area contributed by atoms with Crippen molar-refractivity contribution in [3.63, 3.8) is 0 Å². The fourth-order valence-corrected chi connectivity index (χ4v) is 5.61. The molecule has 3 aliphatic carbocycles. The Kier molecular flexibility index (Phi) is 4.44. The van der Waals surface area contributed by atoms with Gasteiger partial charge >= 0.3 is 5.76 Å². The number of nitrogens with one attached hydrogen (secondary N) is 2. The lowest BCUT2D eigenvalue weighted by Crippen LogP contribution is -2.35. The number of fused-ring (bicyclic) bond motifs is 1. The van der Waals surface area contributed by atoms with Crippen molar-refractivity contribution in [3.05, 3.63) is 16.9 Å². The minimum absolute atomic E-state index is 0.0539. The lowest BCUT2D eigenvalue weighted by Gasteiger charge is -2.35. The van der Waals surface area contributed by atoms with Gasteiger partial charge < -0.3 is 9.88 Å². The summed E-state index contributed by atoms with van der Waals surface area (Å²) in [6.45, 7) is 3.77.